The Labute approximate surface area is 77.2 Å². The molecule has 0 aliphatic heterocycles. The van der Waals surface area contributed by atoms with Crippen LogP contribution in [0.15, 0.2) is 24.5 Å². The fourth-order valence-corrected chi connectivity index (χ4v) is 0.958. The summed E-state index contributed by atoms with van der Waals surface area (Å²) < 4.78 is 5.12. The van der Waals surface area contributed by atoms with Crippen LogP contribution in [0.5, 0.6) is 0 Å². The van der Waals surface area contributed by atoms with Crippen molar-refractivity contribution in [3.63, 3.8) is 0 Å². The van der Waals surface area contributed by atoms with E-state index >= 15 is 0 Å². The van der Waals surface area contributed by atoms with Crippen LogP contribution < -0.4 is 0 Å². The van der Waals surface area contributed by atoms with Crippen LogP contribution in [0.1, 0.15) is 18.6 Å². The van der Waals surface area contributed by atoms with E-state index in [1.807, 2.05) is 6.92 Å². The molecule has 72 valence electrons. The fraction of sp³-hybridized carbons (Fsp3) is 0.444. The first-order chi connectivity index (χ1) is 6.25. The summed E-state index contributed by atoms with van der Waals surface area (Å²) in [6.45, 7) is 6.63. The standard InChI is InChI=1S/C9H14N2O2/c1-3-13-6-7(2)9(12)8-4-10-11-5-8/h4-5,9,12H,2-3,6H2,1H3,(H,10,11). The minimum Gasteiger partial charge on any atom is -0.384 e. The molecule has 0 bridgehead atoms. The van der Waals surface area contributed by atoms with Crippen molar-refractivity contribution in [3.8, 4) is 0 Å². The van der Waals surface area contributed by atoms with Gasteiger partial charge in [-0.25, -0.2) is 0 Å². The van der Waals surface area contributed by atoms with Crippen molar-refractivity contribution in [2.45, 2.75) is 13.0 Å². The van der Waals surface area contributed by atoms with Gasteiger partial charge in [-0.05, 0) is 12.5 Å². The summed E-state index contributed by atoms with van der Waals surface area (Å²) in [5, 5.41) is 16.0. The molecule has 0 aliphatic carbocycles. The van der Waals surface area contributed by atoms with Crippen molar-refractivity contribution < 1.29 is 9.84 Å². The lowest BCUT2D eigenvalue weighted by atomic mass is 10.1. The maximum atomic E-state index is 9.67. The molecule has 1 aromatic heterocycles. The summed E-state index contributed by atoms with van der Waals surface area (Å²) in [4.78, 5) is 0. The van der Waals surface area contributed by atoms with E-state index in [2.05, 4.69) is 16.8 Å². The van der Waals surface area contributed by atoms with Crippen molar-refractivity contribution in [2.75, 3.05) is 13.2 Å². The van der Waals surface area contributed by atoms with Gasteiger partial charge in [-0.15, -0.1) is 0 Å². The Hall–Kier alpha value is -1.13. The van der Waals surface area contributed by atoms with Gasteiger partial charge in [0, 0.05) is 18.4 Å². The third kappa shape index (κ3) is 2.68. The van der Waals surface area contributed by atoms with Crippen LogP contribution in [0.25, 0.3) is 0 Å². The number of hydrogen-bond donors (Lipinski definition) is 2. The van der Waals surface area contributed by atoms with Crippen LogP contribution in [0.3, 0.4) is 0 Å². The molecular weight excluding hydrogens is 168 g/mol. The molecule has 0 saturated carbocycles. The highest BCUT2D eigenvalue weighted by molar-refractivity contribution is 5.18. The lowest BCUT2D eigenvalue weighted by Crippen LogP contribution is -2.06. The number of nitrogens with one attached hydrogen (secondary N) is 1. The summed E-state index contributed by atoms with van der Waals surface area (Å²) in [6.07, 6.45) is 2.52. The molecule has 0 aromatic carbocycles. The van der Waals surface area contributed by atoms with Crippen molar-refractivity contribution in [3.05, 3.63) is 30.1 Å². The average Bonchev–Trinajstić information content (AvgIpc) is 2.65. The van der Waals surface area contributed by atoms with Gasteiger partial charge in [0.1, 0.15) is 6.10 Å². The number of H-pyrrole nitrogens is 1. The second-order valence-electron chi connectivity index (χ2n) is 2.73. The number of aromatic nitrogens is 2. The Morgan fingerprint density at radius 3 is 3.15 bits per heavy atom. The molecule has 0 fully saturated rings. The Kier molecular flexibility index (Phi) is 3.67. The van der Waals surface area contributed by atoms with Gasteiger partial charge in [0.05, 0.1) is 12.8 Å². The molecule has 1 atom stereocenters. The lowest BCUT2D eigenvalue weighted by Gasteiger charge is -2.11. The zero-order valence-electron chi connectivity index (χ0n) is 7.66. The molecular formula is C9H14N2O2. The first-order valence-corrected chi connectivity index (χ1v) is 4.17. The minimum absolute atomic E-state index is 0.378. The van der Waals surface area contributed by atoms with Crippen LogP contribution in [-0.4, -0.2) is 28.5 Å². The highest BCUT2D eigenvalue weighted by atomic mass is 16.5. The Bertz CT molecular complexity index is 257. The van der Waals surface area contributed by atoms with Crippen LogP contribution in [0, 0.1) is 0 Å². The van der Waals surface area contributed by atoms with Crippen molar-refractivity contribution >= 4 is 0 Å². The predicted octanol–water partition coefficient (Wildman–Crippen LogP) is 1.04. The molecule has 4 heteroatoms. The number of ether oxygens (including phenoxy) is 1. The SMILES string of the molecule is C=C(COCC)C(O)c1cn[nH]c1. The van der Waals surface area contributed by atoms with Gasteiger partial charge < -0.3 is 9.84 Å². The lowest BCUT2D eigenvalue weighted by molar-refractivity contribution is 0.137. The predicted molar refractivity (Wildman–Crippen MR) is 49.2 cm³/mol. The van der Waals surface area contributed by atoms with E-state index in [0.29, 0.717) is 24.4 Å². The molecule has 1 rings (SSSR count). The number of aromatic amines is 1. The van der Waals surface area contributed by atoms with Gasteiger partial charge in [0.15, 0.2) is 0 Å². The van der Waals surface area contributed by atoms with E-state index in [1.54, 1.807) is 12.4 Å². The molecule has 1 heterocycles. The van der Waals surface area contributed by atoms with E-state index in [0.717, 1.165) is 0 Å². The summed E-state index contributed by atoms with van der Waals surface area (Å²) in [5.74, 6) is 0. The largest absolute Gasteiger partial charge is 0.384 e. The van der Waals surface area contributed by atoms with Crippen LogP contribution in [0.4, 0.5) is 0 Å². The topological polar surface area (TPSA) is 58.1 Å². The van der Waals surface area contributed by atoms with Crippen molar-refractivity contribution in [1.82, 2.24) is 10.2 Å². The fourth-order valence-electron chi connectivity index (χ4n) is 0.958. The van der Waals surface area contributed by atoms with Gasteiger partial charge in [0.2, 0.25) is 0 Å². The Balaban J connectivity index is 2.48. The second kappa shape index (κ2) is 4.79. The number of aliphatic hydroxyl groups is 1. The smallest absolute Gasteiger partial charge is 0.105 e. The molecule has 0 radical (unpaired) electrons. The van der Waals surface area contributed by atoms with E-state index in [1.165, 1.54) is 0 Å². The zero-order chi connectivity index (χ0) is 9.68. The van der Waals surface area contributed by atoms with Crippen molar-refractivity contribution in [2.24, 2.45) is 0 Å². The molecule has 0 spiro atoms. The number of aliphatic hydroxyl groups excluding tert-OH is 1. The molecule has 0 aliphatic rings. The van der Waals surface area contributed by atoms with Crippen LogP contribution in [0.2, 0.25) is 0 Å². The highest BCUT2D eigenvalue weighted by Crippen LogP contribution is 2.18. The van der Waals surface area contributed by atoms with E-state index < -0.39 is 6.10 Å². The highest BCUT2D eigenvalue weighted by Gasteiger charge is 2.11. The first-order valence-electron chi connectivity index (χ1n) is 4.17. The zero-order valence-corrected chi connectivity index (χ0v) is 7.66. The molecule has 0 saturated heterocycles. The molecule has 0 amide bonds. The van der Waals surface area contributed by atoms with Gasteiger partial charge in [-0.2, -0.15) is 5.10 Å². The number of rotatable bonds is 5. The Morgan fingerprint density at radius 1 is 1.85 bits per heavy atom. The summed E-state index contributed by atoms with van der Waals surface area (Å²) in [7, 11) is 0. The van der Waals surface area contributed by atoms with Crippen LogP contribution >= 0.6 is 0 Å². The monoisotopic (exact) mass is 182 g/mol. The number of nitrogens with zero attached hydrogens (tertiary/aromatic N) is 1. The van der Waals surface area contributed by atoms with Gasteiger partial charge >= 0.3 is 0 Å². The van der Waals surface area contributed by atoms with Gasteiger partial charge in [-0.3, -0.25) is 5.10 Å². The molecule has 4 nitrogen and oxygen atoms in total. The molecule has 2 N–H and O–H groups in total. The first kappa shape index (κ1) is 9.95. The van der Waals surface area contributed by atoms with Gasteiger partial charge in [-0.1, -0.05) is 6.58 Å². The molecule has 1 unspecified atom stereocenters. The third-order valence-electron chi connectivity index (χ3n) is 1.71. The van der Waals surface area contributed by atoms with E-state index in [9.17, 15) is 5.11 Å². The van der Waals surface area contributed by atoms with Crippen molar-refractivity contribution in [1.29, 1.82) is 0 Å². The van der Waals surface area contributed by atoms with E-state index in [4.69, 9.17) is 4.74 Å². The van der Waals surface area contributed by atoms with Crippen LogP contribution in [-0.2, 0) is 4.74 Å². The summed E-state index contributed by atoms with van der Waals surface area (Å²) in [5.41, 5.74) is 1.35. The molecule has 1 aromatic rings. The summed E-state index contributed by atoms with van der Waals surface area (Å²) in [6, 6.07) is 0. The summed E-state index contributed by atoms with van der Waals surface area (Å²) >= 11 is 0. The van der Waals surface area contributed by atoms with E-state index in [-0.39, 0.29) is 0 Å². The second-order valence-corrected chi connectivity index (χ2v) is 2.73. The average molecular weight is 182 g/mol. The maximum absolute atomic E-state index is 9.67. The normalized spacial score (nSPS) is 12.8. The third-order valence-corrected chi connectivity index (χ3v) is 1.71. The molecule has 13 heavy (non-hydrogen) atoms. The minimum atomic E-state index is -0.690. The Morgan fingerprint density at radius 2 is 2.62 bits per heavy atom. The van der Waals surface area contributed by atoms with Gasteiger partial charge in [0.25, 0.3) is 0 Å². The number of hydrogen-bond acceptors (Lipinski definition) is 3. The maximum Gasteiger partial charge on any atom is 0.105 e. The quantitative estimate of drug-likeness (QED) is 0.669.